The third-order valence-corrected chi connectivity index (χ3v) is 6.03. The van der Waals surface area contributed by atoms with Crippen molar-refractivity contribution < 1.29 is 0 Å². The Morgan fingerprint density at radius 2 is 1.18 bits per heavy atom. The normalized spacial score (nSPS) is 12.1. The summed E-state index contributed by atoms with van der Waals surface area (Å²) < 4.78 is 4.34. The van der Waals surface area contributed by atoms with Crippen molar-refractivity contribution in [1.29, 1.82) is 0 Å². The molecular weight excluding hydrogens is 228 g/mol. The number of nitrogens with zero attached hydrogens (tertiary/aromatic N) is 4. The van der Waals surface area contributed by atoms with Crippen LogP contribution in [0, 0.1) is 27.7 Å². The van der Waals surface area contributed by atoms with Crippen molar-refractivity contribution in [3.63, 3.8) is 0 Å². The number of rotatable bonds is 2. The molecule has 2 aromatic rings. The minimum atomic E-state index is -1.89. The Hall–Kier alpha value is -1.36. The van der Waals surface area contributed by atoms with Gasteiger partial charge in [0.15, 0.2) is 0 Å². The van der Waals surface area contributed by atoms with Crippen molar-refractivity contribution in [1.82, 2.24) is 18.9 Å². The molecule has 0 aliphatic carbocycles. The first kappa shape index (κ1) is 12.1. The lowest BCUT2D eigenvalue weighted by molar-refractivity contribution is 0.779. The Morgan fingerprint density at radius 3 is 1.41 bits per heavy atom. The average molecular weight is 248 g/mol. The molecule has 2 aromatic heterocycles. The van der Waals surface area contributed by atoms with Crippen LogP contribution in [0.1, 0.15) is 22.8 Å². The second-order valence-electron chi connectivity index (χ2n) is 5.17. The highest BCUT2D eigenvalue weighted by Gasteiger charge is 2.31. The summed E-state index contributed by atoms with van der Waals surface area (Å²) in [7, 11) is -1.89. The van der Waals surface area contributed by atoms with Crippen LogP contribution >= 0.6 is 0 Å². The Morgan fingerprint density at radius 1 is 0.824 bits per heavy atom. The lowest BCUT2D eigenvalue weighted by Gasteiger charge is -2.25. The van der Waals surface area contributed by atoms with Crippen molar-refractivity contribution in [2.24, 2.45) is 0 Å². The molecule has 2 heterocycles. The van der Waals surface area contributed by atoms with Gasteiger partial charge in [-0.05, 0) is 52.9 Å². The summed E-state index contributed by atoms with van der Waals surface area (Å²) in [5.74, 6) is 0. The summed E-state index contributed by atoms with van der Waals surface area (Å²) in [5, 5.41) is 9.25. The van der Waals surface area contributed by atoms with E-state index >= 15 is 0 Å². The summed E-state index contributed by atoms with van der Waals surface area (Å²) >= 11 is 0. The second kappa shape index (κ2) is 3.84. The Labute approximate surface area is 103 Å². The van der Waals surface area contributed by atoms with Crippen molar-refractivity contribution in [2.75, 3.05) is 0 Å². The van der Waals surface area contributed by atoms with E-state index in [4.69, 9.17) is 0 Å². The van der Waals surface area contributed by atoms with Crippen LogP contribution in [0.25, 0.3) is 0 Å². The van der Waals surface area contributed by atoms with Gasteiger partial charge in [0.2, 0.25) is 0 Å². The van der Waals surface area contributed by atoms with Crippen LogP contribution in [0.2, 0.25) is 13.1 Å². The standard InChI is InChI=1S/C12H20N4Si/c1-9-7-11(3)15(13-9)17(5,6)16-12(4)8-10(2)14-16/h7-8H,1-6H3. The van der Waals surface area contributed by atoms with Crippen LogP contribution in [0.3, 0.4) is 0 Å². The van der Waals surface area contributed by atoms with Crippen LogP contribution in [-0.2, 0) is 0 Å². The molecule has 0 amide bonds. The third kappa shape index (κ3) is 1.95. The number of aromatic nitrogens is 4. The molecule has 4 nitrogen and oxygen atoms in total. The first-order valence-corrected chi connectivity index (χ1v) is 8.79. The van der Waals surface area contributed by atoms with Crippen LogP contribution in [0.15, 0.2) is 12.1 Å². The van der Waals surface area contributed by atoms with Gasteiger partial charge in [0, 0.05) is 11.4 Å². The molecule has 0 aliphatic rings. The molecule has 0 aromatic carbocycles. The van der Waals surface area contributed by atoms with E-state index in [9.17, 15) is 0 Å². The van der Waals surface area contributed by atoms with E-state index in [0.717, 1.165) is 11.4 Å². The van der Waals surface area contributed by atoms with Crippen molar-refractivity contribution >= 4 is 8.40 Å². The van der Waals surface area contributed by atoms with E-state index in [-0.39, 0.29) is 0 Å². The first-order valence-electron chi connectivity index (χ1n) is 5.90. The molecule has 0 saturated carbocycles. The number of hydrogen-bond acceptors (Lipinski definition) is 2. The Kier molecular flexibility index (Phi) is 2.73. The van der Waals surface area contributed by atoms with Crippen molar-refractivity contribution in [2.45, 2.75) is 40.8 Å². The maximum absolute atomic E-state index is 4.63. The quantitative estimate of drug-likeness (QED) is 0.765. The number of aryl methyl sites for hydroxylation is 4. The smallest absolute Gasteiger partial charge is 0.275 e. The predicted octanol–water partition coefficient (Wildman–Crippen LogP) is 2.41. The molecule has 0 atom stereocenters. The number of hydrogen-bond donors (Lipinski definition) is 0. The van der Waals surface area contributed by atoms with Gasteiger partial charge in [0.05, 0.1) is 11.4 Å². The molecule has 0 aliphatic heterocycles. The largest absolute Gasteiger partial charge is 0.304 e. The maximum atomic E-state index is 4.63. The molecular formula is C12H20N4Si. The molecule has 0 unspecified atom stereocenters. The molecule has 92 valence electrons. The fourth-order valence-electron chi connectivity index (χ4n) is 2.46. The minimum Gasteiger partial charge on any atom is -0.275 e. The molecule has 2 rings (SSSR count). The Balaban J connectivity index is 2.56. The molecule has 0 saturated heterocycles. The van der Waals surface area contributed by atoms with Gasteiger partial charge in [-0.1, -0.05) is 0 Å². The maximum Gasteiger partial charge on any atom is 0.304 e. The SMILES string of the molecule is Cc1cc(C)n([Si](C)(C)n2nc(C)cc2C)n1. The lowest BCUT2D eigenvalue weighted by atomic mass is 10.4. The van der Waals surface area contributed by atoms with Gasteiger partial charge in [-0.2, -0.15) is 10.2 Å². The van der Waals surface area contributed by atoms with E-state index in [2.05, 4.69) is 58.0 Å². The fraction of sp³-hybridized carbons (Fsp3) is 0.500. The highest BCUT2D eigenvalue weighted by Crippen LogP contribution is 2.16. The highest BCUT2D eigenvalue weighted by molar-refractivity contribution is 6.74. The average Bonchev–Trinajstić information content (AvgIpc) is 2.70. The summed E-state index contributed by atoms with van der Waals surface area (Å²) in [6.45, 7) is 12.8. The summed E-state index contributed by atoms with van der Waals surface area (Å²) in [5.41, 5.74) is 4.58. The molecule has 17 heavy (non-hydrogen) atoms. The molecule has 0 spiro atoms. The van der Waals surface area contributed by atoms with E-state index < -0.39 is 8.40 Å². The lowest BCUT2D eigenvalue weighted by Crippen LogP contribution is -2.48. The predicted molar refractivity (Wildman–Crippen MR) is 71.7 cm³/mol. The van der Waals surface area contributed by atoms with Crippen LogP contribution in [-0.4, -0.2) is 27.3 Å². The topological polar surface area (TPSA) is 35.6 Å². The van der Waals surface area contributed by atoms with Gasteiger partial charge in [0.1, 0.15) is 0 Å². The zero-order valence-electron chi connectivity index (χ0n) is 11.4. The van der Waals surface area contributed by atoms with Gasteiger partial charge in [-0.3, -0.25) is 8.69 Å². The van der Waals surface area contributed by atoms with E-state index in [0.29, 0.717) is 0 Å². The minimum absolute atomic E-state index is 1.07. The van der Waals surface area contributed by atoms with Gasteiger partial charge in [-0.15, -0.1) is 0 Å². The molecule has 0 N–H and O–H groups in total. The molecule has 0 fully saturated rings. The molecule has 0 bridgehead atoms. The van der Waals surface area contributed by atoms with Gasteiger partial charge < -0.3 is 0 Å². The van der Waals surface area contributed by atoms with Crippen LogP contribution < -0.4 is 0 Å². The van der Waals surface area contributed by atoms with E-state index in [1.165, 1.54) is 11.4 Å². The van der Waals surface area contributed by atoms with E-state index in [1.54, 1.807) is 0 Å². The summed E-state index contributed by atoms with van der Waals surface area (Å²) in [6, 6.07) is 4.25. The van der Waals surface area contributed by atoms with Gasteiger partial charge in [0.25, 0.3) is 0 Å². The zero-order chi connectivity index (χ0) is 12.8. The van der Waals surface area contributed by atoms with Crippen LogP contribution in [0.4, 0.5) is 0 Å². The van der Waals surface area contributed by atoms with Gasteiger partial charge >= 0.3 is 8.40 Å². The monoisotopic (exact) mass is 248 g/mol. The summed E-state index contributed by atoms with van der Waals surface area (Å²) in [4.78, 5) is 0. The van der Waals surface area contributed by atoms with Crippen molar-refractivity contribution in [3.8, 4) is 0 Å². The third-order valence-electron chi connectivity index (χ3n) is 3.06. The van der Waals surface area contributed by atoms with Gasteiger partial charge in [-0.25, -0.2) is 0 Å². The first-order chi connectivity index (χ1) is 7.82. The Bertz CT molecular complexity index is 503. The van der Waals surface area contributed by atoms with E-state index in [1.807, 2.05) is 13.8 Å². The fourth-order valence-corrected chi connectivity index (χ4v) is 5.30. The molecule has 0 radical (unpaired) electrons. The summed E-state index contributed by atoms with van der Waals surface area (Å²) in [6.07, 6.45) is 0. The van der Waals surface area contributed by atoms with Crippen LogP contribution in [0.5, 0.6) is 0 Å². The zero-order valence-corrected chi connectivity index (χ0v) is 12.4. The van der Waals surface area contributed by atoms with Crippen molar-refractivity contribution in [3.05, 3.63) is 34.9 Å². The highest BCUT2D eigenvalue weighted by atomic mass is 28.3. The molecule has 5 heteroatoms. The second-order valence-corrected chi connectivity index (χ2v) is 9.01.